The van der Waals surface area contributed by atoms with Gasteiger partial charge in [0, 0.05) is 29.7 Å². The fourth-order valence-corrected chi connectivity index (χ4v) is 2.33. The molecule has 1 aromatic carbocycles. The number of aromatic nitrogens is 1. The van der Waals surface area contributed by atoms with Crippen LogP contribution in [-0.2, 0) is 6.54 Å². The van der Waals surface area contributed by atoms with Gasteiger partial charge in [-0.1, -0.05) is 12.1 Å². The van der Waals surface area contributed by atoms with Gasteiger partial charge in [0.2, 0.25) is 0 Å². The van der Waals surface area contributed by atoms with Gasteiger partial charge in [0.15, 0.2) is 0 Å². The smallest absolute Gasteiger partial charge is 0.0488 e. The maximum Gasteiger partial charge on any atom is 0.0488 e. The normalized spacial score (nSPS) is 11.9. The second-order valence-electron chi connectivity index (χ2n) is 5.41. The standard InChI is InChI=1S/C15H22N2/c1-11(2)17-10-13(9-16(4)5)14-7-6-12(3)8-15(14)17/h6-8,10-11H,9H2,1-5H3. The van der Waals surface area contributed by atoms with E-state index < -0.39 is 0 Å². The minimum atomic E-state index is 0.509. The molecule has 0 unspecified atom stereocenters. The summed E-state index contributed by atoms with van der Waals surface area (Å²) in [6.45, 7) is 7.63. The molecule has 0 aliphatic rings. The van der Waals surface area contributed by atoms with Crippen LogP contribution in [0, 0.1) is 6.92 Å². The number of aryl methyl sites for hydroxylation is 1. The summed E-state index contributed by atoms with van der Waals surface area (Å²) in [6.07, 6.45) is 2.30. The summed E-state index contributed by atoms with van der Waals surface area (Å²) in [5.41, 5.74) is 4.10. The summed E-state index contributed by atoms with van der Waals surface area (Å²) >= 11 is 0. The fraction of sp³-hybridized carbons (Fsp3) is 0.467. The Bertz CT molecular complexity index is 521. The highest BCUT2D eigenvalue weighted by Crippen LogP contribution is 2.26. The van der Waals surface area contributed by atoms with Gasteiger partial charge in [-0.25, -0.2) is 0 Å². The van der Waals surface area contributed by atoms with E-state index in [4.69, 9.17) is 0 Å². The maximum absolute atomic E-state index is 2.38. The van der Waals surface area contributed by atoms with E-state index in [1.165, 1.54) is 22.0 Å². The van der Waals surface area contributed by atoms with E-state index in [9.17, 15) is 0 Å². The average Bonchev–Trinajstić information content (AvgIpc) is 2.55. The molecule has 2 aromatic rings. The first-order valence-corrected chi connectivity index (χ1v) is 6.24. The van der Waals surface area contributed by atoms with E-state index in [1.807, 2.05) is 0 Å². The number of hydrogen-bond acceptors (Lipinski definition) is 1. The topological polar surface area (TPSA) is 8.17 Å². The van der Waals surface area contributed by atoms with Gasteiger partial charge in [0.25, 0.3) is 0 Å². The Kier molecular flexibility index (Phi) is 3.25. The number of benzene rings is 1. The molecule has 2 heteroatoms. The lowest BCUT2D eigenvalue weighted by atomic mass is 10.1. The Morgan fingerprint density at radius 1 is 1.24 bits per heavy atom. The van der Waals surface area contributed by atoms with Crippen molar-refractivity contribution in [3.63, 3.8) is 0 Å². The van der Waals surface area contributed by atoms with Crippen LogP contribution in [0.5, 0.6) is 0 Å². The van der Waals surface area contributed by atoms with Crippen molar-refractivity contribution in [3.8, 4) is 0 Å². The minimum Gasteiger partial charge on any atom is -0.345 e. The molecule has 92 valence electrons. The SMILES string of the molecule is Cc1ccc2c(CN(C)C)cn(C(C)C)c2c1. The Hall–Kier alpha value is -1.28. The van der Waals surface area contributed by atoms with Crippen molar-refractivity contribution in [1.82, 2.24) is 9.47 Å². The van der Waals surface area contributed by atoms with Gasteiger partial charge in [-0.2, -0.15) is 0 Å². The van der Waals surface area contributed by atoms with Crippen molar-refractivity contribution in [1.29, 1.82) is 0 Å². The first-order chi connectivity index (χ1) is 7.99. The van der Waals surface area contributed by atoms with E-state index in [1.54, 1.807) is 0 Å². The Morgan fingerprint density at radius 3 is 2.53 bits per heavy atom. The third-order valence-corrected chi connectivity index (χ3v) is 3.12. The quantitative estimate of drug-likeness (QED) is 0.782. The Morgan fingerprint density at radius 2 is 1.94 bits per heavy atom. The predicted molar refractivity (Wildman–Crippen MR) is 74.5 cm³/mol. The van der Waals surface area contributed by atoms with Crippen LogP contribution < -0.4 is 0 Å². The molecule has 0 aliphatic carbocycles. The molecule has 0 amide bonds. The van der Waals surface area contributed by atoms with E-state index in [2.05, 4.69) is 68.7 Å². The van der Waals surface area contributed by atoms with Crippen molar-refractivity contribution in [2.24, 2.45) is 0 Å². The zero-order valence-electron chi connectivity index (χ0n) is 11.5. The molecule has 0 N–H and O–H groups in total. The van der Waals surface area contributed by atoms with Crippen LogP contribution in [0.15, 0.2) is 24.4 Å². The number of nitrogens with zero attached hydrogens (tertiary/aromatic N) is 2. The van der Waals surface area contributed by atoms with Crippen molar-refractivity contribution >= 4 is 10.9 Å². The molecular weight excluding hydrogens is 208 g/mol. The van der Waals surface area contributed by atoms with Gasteiger partial charge in [-0.05, 0) is 52.1 Å². The molecule has 17 heavy (non-hydrogen) atoms. The van der Waals surface area contributed by atoms with E-state index in [0.29, 0.717) is 6.04 Å². The second-order valence-corrected chi connectivity index (χ2v) is 5.41. The predicted octanol–water partition coefficient (Wildman–Crippen LogP) is 3.59. The van der Waals surface area contributed by atoms with Crippen LogP contribution >= 0.6 is 0 Å². The zero-order chi connectivity index (χ0) is 12.6. The summed E-state index contributed by atoms with van der Waals surface area (Å²) < 4.78 is 2.38. The molecule has 0 atom stereocenters. The van der Waals surface area contributed by atoms with Crippen LogP contribution in [0.3, 0.4) is 0 Å². The summed E-state index contributed by atoms with van der Waals surface area (Å²) in [4.78, 5) is 2.22. The van der Waals surface area contributed by atoms with Crippen LogP contribution in [0.2, 0.25) is 0 Å². The third-order valence-electron chi connectivity index (χ3n) is 3.12. The van der Waals surface area contributed by atoms with Crippen LogP contribution in [0.1, 0.15) is 31.0 Å². The Balaban J connectivity index is 2.62. The van der Waals surface area contributed by atoms with Crippen molar-refractivity contribution in [2.45, 2.75) is 33.4 Å². The molecule has 2 nitrogen and oxygen atoms in total. The number of hydrogen-bond donors (Lipinski definition) is 0. The third kappa shape index (κ3) is 2.37. The molecule has 0 fully saturated rings. The van der Waals surface area contributed by atoms with Crippen molar-refractivity contribution < 1.29 is 0 Å². The van der Waals surface area contributed by atoms with Gasteiger partial charge in [-0.15, -0.1) is 0 Å². The summed E-state index contributed by atoms with van der Waals surface area (Å²) in [5, 5.41) is 1.39. The molecule has 0 spiro atoms. The highest BCUT2D eigenvalue weighted by atomic mass is 15.1. The van der Waals surface area contributed by atoms with Crippen LogP contribution in [0.25, 0.3) is 10.9 Å². The second kappa shape index (κ2) is 4.53. The molecule has 1 heterocycles. The minimum absolute atomic E-state index is 0.509. The van der Waals surface area contributed by atoms with Gasteiger partial charge in [0.1, 0.15) is 0 Å². The molecule has 0 saturated heterocycles. The first-order valence-electron chi connectivity index (χ1n) is 6.24. The molecule has 1 aromatic heterocycles. The first kappa shape index (κ1) is 12.2. The molecule has 0 saturated carbocycles. The molecule has 0 bridgehead atoms. The molecule has 0 radical (unpaired) electrons. The van der Waals surface area contributed by atoms with Gasteiger partial charge >= 0.3 is 0 Å². The Labute approximate surface area is 104 Å². The van der Waals surface area contributed by atoms with Gasteiger partial charge in [-0.3, -0.25) is 0 Å². The highest BCUT2D eigenvalue weighted by molar-refractivity contribution is 5.84. The monoisotopic (exact) mass is 230 g/mol. The highest BCUT2D eigenvalue weighted by Gasteiger charge is 2.10. The largest absolute Gasteiger partial charge is 0.345 e. The number of rotatable bonds is 3. The van der Waals surface area contributed by atoms with Crippen molar-refractivity contribution in [2.75, 3.05) is 14.1 Å². The summed E-state index contributed by atoms with van der Waals surface area (Å²) in [7, 11) is 4.24. The molecule has 2 rings (SSSR count). The molecule has 0 aliphatic heterocycles. The number of fused-ring (bicyclic) bond motifs is 1. The lowest BCUT2D eigenvalue weighted by Crippen LogP contribution is -2.10. The lowest BCUT2D eigenvalue weighted by Gasteiger charge is -2.09. The average molecular weight is 230 g/mol. The lowest BCUT2D eigenvalue weighted by molar-refractivity contribution is 0.403. The van der Waals surface area contributed by atoms with Crippen LogP contribution in [0.4, 0.5) is 0 Å². The fourth-order valence-electron chi connectivity index (χ4n) is 2.33. The van der Waals surface area contributed by atoms with E-state index in [0.717, 1.165) is 6.54 Å². The summed E-state index contributed by atoms with van der Waals surface area (Å²) in [6, 6.07) is 7.25. The van der Waals surface area contributed by atoms with Gasteiger partial charge < -0.3 is 9.47 Å². The van der Waals surface area contributed by atoms with Crippen molar-refractivity contribution in [3.05, 3.63) is 35.5 Å². The zero-order valence-corrected chi connectivity index (χ0v) is 11.5. The molecular formula is C15H22N2. The van der Waals surface area contributed by atoms with E-state index in [-0.39, 0.29) is 0 Å². The van der Waals surface area contributed by atoms with E-state index >= 15 is 0 Å². The maximum atomic E-state index is 2.38. The summed E-state index contributed by atoms with van der Waals surface area (Å²) in [5.74, 6) is 0. The van der Waals surface area contributed by atoms with Gasteiger partial charge in [0.05, 0.1) is 0 Å². The van der Waals surface area contributed by atoms with Crippen LogP contribution in [-0.4, -0.2) is 23.6 Å².